The SMILES string of the molecule is O=C1C(=C(O)c2ccc(C(F)(F)F)nc2COCCCl)C(=O)C2CCC1C2. The molecule has 146 valence electrons. The van der Waals surface area contributed by atoms with Crippen molar-refractivity contribution in [2.75, 3.05) is 12.5 Å². The fourth-order valence-corrected chi connectivity index (χ4v) is 3.67. The van der Waals surface area contributed by atoms with E-state index in [1.54, 1.807) is 0 Å². The van der Waals surface area contributed by atoms with E-state index in [4.69, 9.17) is 16.3 Å². The van der Waals surface area contributed by atoms with Gasteiger partial charge in [0.15, 0.2) is 11.6 Å². The van der Waals surface area contributed by atoms with Gasteiger partial charge in [-0.3, -0.25) is 9.59 Å². The maximum atomic E-state index is 13.0. The summed E-state index contributed by atoms with van der Waals surface area (Å²) < 4.78 is 44.1. The number of pyridine rings is 1. The summed E-state index contributed by atoms with van der Waals surface area (Å²) in [5, 5.41) is 10.6. The average Bonchev–Trinajstić information content (AvgIpc) is 3.07. The zero-order valence-electron chi connectivity index (χ0n) is 14.2. The average molecular weight is 404 g/mol. The summed E-state index contributed by atoms with van der Waals surface area (Å²) in [7, 11) is 0. The fraction of sp³-hybridized carbons (Fsp3) is 0.500. The highest BCUT2D eigenvalue weighted by molar-refractivity contribution is 6.27. The van der Waals surface area contributed by atoms with Gasteiger partial charge in [0.1, 0.15) is 17.0 Å². The van der Waals surface area contributed by atoms with E-state index in [2.05, 4.69) is 4.98 Å². The molecule has 2 fully saturated rings. The molecule has 1 aromatic heterocycles. The van der Waals surface area contributed by atoms with Crippen molar-refractivity contribution in [3.8, 4) is 0 Å². The molecule has 1 N–H and O–H groups in total. The number of alkyl halides is 4. The number of halogens is 4. The molecule has 3 rings (SSSR count). The Balaban J connectivity index is 2.06. The van der Waals surface area contributed by atoms with E-state index in [-0.39, 0.29) is 47.8 Å². The van der Waals surface area contributed by atoms with Gasteiger partial charge < -0.3 is 9.84 Å². The van der Waals surface area contributed by atoms with Gasteiger partial charge in [-0.2, -0.15) is 13.2 Å². The molecule has 1 aromatic rings. The third-order valence-corrected chi connectivity index (χ3v) is 5.04. The second kappa shape index (κ2) is 7.59. The molecule has 0 aromatic carbocycles. The Hall–Kier alpha value is -1.93. The number of fused-ring (bicyclic) bond motifs is 2. The largest absolute Gasteiger partial charge is 0.506 e. The van der Waals surface area contributed by atoms with Gasteiger partial charge in [-0.25, -0.2) is 4.98 Å². The highest BCUT2D eigenvalue weighted by atomic mass is 35.5. The number of allylic oxidation sites excluding steroid dienone is 1. The van der Waals surface area contributed by atoms with Crippen LogP contribution in [0.5, 0.6) is 0 Å². The number of aliphatic hydroxyl groups excluding tert-OH is 1. The standard InChI is InChI=1S/C18H17ClF3NO4/c19-5-6-27-8-12-11(3-4-13(23-12)18(20,21)22)17(26)14-15(24)9-1-2-10(7-9)16(14)25/h3-4,9-10,26H,1-2,5-8H2. The highest BCUT2D eigenvalue weighted by Gasteiger charge is 2.45. The Kier molecular flexibility index (Phi) is 5.58. The molecule has 0 amide bonds. The van der Waals surface area contributed by atoms with Crippen molar-refractivity contribution in [1.82, 2.24) is 4.98 Å². The molecule has 1 heterocycles. The van der Waals surface area contributed by atoms with Crippen LogP contribution in [-0.2, 0) is 27.1 Å². The van der Waals surface area contributed by atoms with Gasteiger partial charge in [0.2, 0.25) is 0 Å². The molecule has 0 radical (unpaired) electrons. The smallest absolute Gasteiger partial charge is 0.433 e. The van der Waals surface area contributed by atoms with E-state index >= 15 is 0 Å². The lowest BCUT2D eigenvalue weighted by atomic mass is 9.81. The molecular weight excluding hydrogens is 387 g/mol. The number of carbonyl (C=O) groups is 2. The van der Waals surface area contributed by atoms with Crippen LogP contribution in [0.15, 0.2) is 17.7 Å². The van der Waals surface area contributed by atoms with Crippen LogP contribution in [0.1, 0.15) is 36.2 Å². The first-order valence-corrected chi connectivity index (χ1v) is 9.00. The number of aliphatic hydroxyl groups is 1. The minimum absolute atomic E-state index is 0.0677. The lowest BCUT2D eigenvalue weighted by Gasteiger charge is -2.21. The van der Waals surface area contributed by atoms with Crippen LogP contribution in [0.2, 0.25) is 0 Å². The number of nitrogens with zero attached hydrogens (tertiary/aromatic N) is 1. The number of Topliss-reactive ketones (excluding diaryl/α,β-unsaturated/α-hetero) is 2. The third kappa shape index (κ3) is 3.87. The summed E-state index contributed by atoms with van der Waals surface area (Å²) in [4.78, 5) is 28.6. The highest BCUT2D eigenvalue weighted by Crippen LogP contribution is 2.42. The summed E-state index contributed by atoms with van der Waals surface area (Å²) >= 11 is 5.50. The Morgan fingerprint density at radius 2 is 1.85 bits per heavy atom. The number of hydrogen-bond acceptors (Lipinski definition) is 5. The van der Waals surface area contributed by atoms with Gasteiger partial charge in [-0.15, -0.1) is 11.6 Å². The summed E-state index contributed by atoms with van der Waals surface area (Å²) in [6.07, 6.45) is -3.07. The van der Waals surface area contributed by atoms with Crippen molar-refractivity contribution in [2.45, 2.75) is 32.0 Å². The lowest BCUT2D eigenvalue weighted by Crippen LogP contribution is -2.30. The molecule has 27 heavy (non-hydrogen) atoms. The molecule has 9 heteroatoms. The minimum atomic E-state index is -4.68. The molecule has 2 bridgehead atoms. The summed E-state index contributed by atoms with van der Waals surface area (Å²) in [5.41, 5.74) is -1.82. The number of rotatable bonds is 5. The number of ether oxygens (including phenoxy) is 1. The first-order chi connectivity index (χ1) is 12.7. The van der Waals surface area contributed by atoms with Gasteiger partial charge in [-0.05, 0) is 31.4 Å². The monoisotopic (exact) mass is 403 g/mol. The molecule has 0 saturated heterocycles. The van der Waals surface area contributed by atoms with Crippen LogP contribution in [0, 0.1) is 11.8 Å². The number of hydrogen-bond donors (Lipinski definition) is 1. The van der Waals surface area contributed by atoms with Crippen LogP contribution < -0.4 is 0 Å². The van der Waals surface area contributed by atoms with E-state index in [1.807, 2.05) is 0 Å². The van der Waals surface area contributed by atoms with E-state index in [9.17, 15) is 27.9 Å². The zero-order valence-corrected chi connectivity index (χ0v) is 14.9. The van der Waals surface area contributed by atoms with Gasteiger partial charge in [0.25, 0.3) is 0 Å². The molecular formula is C18H17ClF3NO4. The Morgan fingerprint density at radius 1 is 1.22 bits per heavy atom. The summed E-state index contributed by atoms with van der Waals surface area (Å²) in [5.74, 6) is -2.09. The Bertz CT molecular complexity index is 782. The van der Waals surface area contributed by atoms with E-state index in [0.29, 0.717) is 25.3 Å². The zero-order chi connectivity index (χ0) is 19.8. The molecule has 2 aliphatic rings. The first-order valence-electron chi connectivity index (χ1n) is 8.47. The van der Waals surface area contributed by atoms with Crippen LogP contribution >= 0.6 is 11.6 Å². The van der Waals surface area contributed by atoms with Gasteiger partial charge in [0, 0.05) is 23.3 Å². The predicted octanol–water partition coefficient (Wildman–Crippen LogP) is 3.69. The molecule has 0 spiro atoms. The molecule has 0 aliphatic heterocycles. The van der Waals surface area contributed by atoms with Crippen molar-refractivity contribution >= 4 is 28.9 Å². The fourth-order valence-electron chi connectivity index (χ4n) is 3.56. The normalized spacial score (nSPS) is 22.4. The Morgan fingerprint density at radius 3 is 2.41 bits per heavy atom. The van der Waals surface area contributed by atoms with Crippen molar-refractivity contribution in [3.05, 3.63) is 34.7 Å². The second-order valence-corrected chi connectivity index (χ2v) is 6.97. The maximum Gasteiger partial charge on any atom is 0.433 e. The van der Waals surface area contributed by atoms with Crippen molar-refractivity contribution < 1.29 is 32.6 Å². The number of aromatic nitrogens is 1. The van der Waals surface area contributed by atoms with Gasteiger partial charge in [0.05, 0.1) is 18.9 Å². The van der Waals surface area contributed by atoms with Crippen molar-refractivity contribution in [3.63, 3.8) is 0 Å². The van der Waals surface area contributed by atoms with Crippen LogP contribution in [0.25, 0.3) is 5.76 Å². The number of carbonyl (C=O) groups excluding carboxylic acids is 2. The topological polar surface area (TPSA) is 76.5 Å². The van der Waals surface area contributed by atoms with Gasteiger partial charge >= 0.3 is 6.18 Å². The number of ketones is 2. The van der Waals surface area contributed by atoms with E-state index in [0.717, 1.165) is 6.07 Å². The van der Waals surface area contributed by atoms with Crippen LogP contribution in [0.3, 0.4) is 0 Å². The minimum Gasteiger partial charge on any atom is -0.506 e. The van der Waals surface area contributed by atoms with Crippen LogP contribution in [0.4, 0.5) is 13.2 Å². The van der Waals surface area contributed by atoms with E-state index < -0.39 is 29.2 Å². The predicted molar refractivity (Wildman–Crippen MR) is 90.0 cm³/mol. The summed E-state index contributed by atoms with van der Waals surface area (Å²) in [6.45, 7) is -0.281. The molecule has 2 unspecified atom stereocenters. The summed E-state index contributed by atoms with van der Waals surface area (Å²) in [6, 6.07) is 1.71. The third-order valence-electron chi connectivity index (χ3n) is 4.88. The van der Waals surface area contributed by atoms with Crippen molar-refractivity contribution in [1.29, 1.82) is 0 Å². The van der Waals surface area contributed by atoms with Crippen molar-refractivity contribution in [2.24, 2.45) is 11.8 Å². The van der Waals surface area contributed by atoms with Crippen LogP contribution in [-0.4, -0.2) is 34.1 Å². The quantitative estimate of drug-likeness (QED) is 0.267. The Labute approximate surface area is 158 Å². The molecule has 5 nitrogen and oxygen atoms in total. The van der Waals surface area contributed by atoms with E-state index in [1.165, 1.54) is 0 Å². The molecule has 2 atom stereocenters. The maximum absolute atomic E-state index is 13.0. The van der Waals surface area contributed by atoms with Gasteiger partial charge in [-0.1, -0.05) is 0 Å². The lowest BCUT2D eigenvalue weighted by molar-refractivity contribution is -0.141. The molecule has 2 aliphatic carbocycles. The first kappa shape index (κ1) is 19.8. The molecule has 2 saturated carbocycles. The second-order valence-electron chi connectivity index (χ2n) is 6.59.